The fraction of sp³-hybridized carbons (Fsp3) is 0.667. The molecular formula is C12H19F3N2O. The van der Waals surface area contributed by atoms with Crippen LogP contribution in [-0.2, 0) is 13.1 Å². The Hall–Kier alpha value is -1.01. The fourth-order valence-electron chi connectivity index (χ4n) is 1.64. The SMILES string of the molecule is CCCNCc1coc(CN(C)CC(F)(F)F)c1. The molecule has 6 heteroatoms. The van der Waals surface area contributed by atoms with Gasteiger partial charge in [0.25, 0.3) is 0 Å². The molecule has 0 aliphatic heterocycles. The van der Waals surface area contributed by atoms with E-state index < -0.39 is 12.7 Å². The molecular weight excluding hydrogens is 245 g/mol. The summed E-state index contributed by atoms with van der Waals surface area (Å²) in [6.45, 7) is 2.89. The predicted octanol–water partition coefficient (Wildman–Crippen LogP) is 2.77. The molecule has 18 heavy (non-hydrogen) atoms. The molecule has 1 aromatic rings. The summed E-state index contributed by atoms with van der Waals surface area (Å²) >= 11 is 0. The van der Waals surface area contributed by atoms with Crippen LogP contribution >= 0.6 is 0 Å². The number of hydrogen-bond donors (Lipinski definition) is 1. The number of hydrogen-bond acceptors (Lipinski definition) is 3. The Kier molecular flexibility index (Phi) is 5.68. The number of halogens is 3. The molecule has 0 saturated heterocycles. The molecule has 0 aromatic carbocycles. The van der Waals surface area contributed by atoms with Crippen LogP contribution in [0.15, 0.2) is 16.7 Å². The van der Waals surface area contributed by atoms with Crippen molar-refractivity contribution in [1.29, 1.82) is 0 Å². The second kappa shape index (κ2) is 6.80. The zero-order valence-corrected chi connectivity index (χ0v) is 10.7. The third-order valence-electron chi connectivity index (χ3n) is 2.34. The minimum atomic E-state index is -4.17. The molecule has 0 atom stereocenters. The van der Waals surface area contributed by atoms with Crippen molar-refractivity contribution >= 4 is 0 Å². The number of rotatable bonds is 7. The maximum atomic E-state index is 12.1. The van der Waals surface area contributed by atoms with E-state index in [9.17, 15) is 13.2 Å². The molecule has 0 amide bonds. The molecule has 0 aliphatic carbocycles. The van der Waals surface area contributed by atoms with Crippen molar-refractivity contribution in [3.8, 4) is 0 Å². The Morgan fingerprint density at radius 1 is 1.39 bits per heavy atom. The van der Waals surface area contributed by atoms with E-state index >= 15 is 0 Å². The van der Waals surface area contributed by atoms with E-state index in [1.54, 1.807) is 12.3 Å². The summed E-state index contributed by atoms with van der Waals surface area (Å²) < 4.78 is 41.6. The summed E-state index contributed by atoms with van der Waals surface area (Å²) in [6, 6.07) is 1.79. The minimum absolute atomic E-state index is 0.160. The van der Waals surface area contributed by atoms with Crippen molar-refractivity contribution in [1.82, 2.24) is 10.2 Å². The first-order chi connectivity index (χ1) is 8.40. The lowest BCUT2D eigenvalue weighted by atomic mass is 10.3. The Morgan fingerprint density at radius 2 is 2.11 bits per heavy atom. The Balaban J connectivity index is 2.38. The van der Waals surface area contributed by atoms with Gasteiger partial charge >= 0.3 is 6.18 Å². The highest BCUT2D eigenvalue weighted by atomic mass is 19.4. The molecule has 104 valence electrons. The predicted molar refractivity (Wildman–Crippen MR) is 63.1 cm³/mol. The van der Waals surface area contributed by atoms with Crippen molar-refractivity contribution in [3.63, 3.8) is 0 Å². The summed E-state index contributed by atoms with van der Waals surface area (Å²) in [5.41, 5.74) is 0.957. The lowest BCUT2D eigenvalue weighted by molar-refractivity contribution is -0.144. The van der Waals surface area contributed by atoms with Gasteiger partial charge < -0.3 is 9.73 Å². The average molecular weight is 264 g/mol. The molecule has 0 fully saturated rings. The van der Waals surface area contributed by atoms with Crippen LogP contribution in [0.5, 0.6) is 0 Å². The number of nitrogens with zero attached hydrogens (tertiary/aromatic N) is 1. The van der Waals surface area contributed by atoms with Crippen LogP contribution in [0, 0.1) is 0 Å². The van der Waals surface area contributed by atoms with E-state index in [0.29, 0.717) is 12.3 Å². The van der Waals surface area contributed by atoms with Crippen molar-refractivity contribution < 1.29 is 17.6 Å². The first kappa shape index (κ1) is 15.0. The molecule has 3 nitrogen and oxygen atoms in total. The van der Waals surface area contributed by atoms with Gasteiger partial charge in [-0.3, -0.25) is 4.90 Å². The van der Waals surface area contributed by atoms with Gasteiger partial charge in [-0.05, 0) is 26.1 Å². The molecule has 1 rings (SSSR count). The van der Waals surface area contributed by atoms with Gasteiger partial charge in [0.15, 0.2) is 0 Å². The van der Waals surface area contributed by atoms with E-state index in [1.807, 2.05) is 0 Å². The summed E-state index contributed by atoms with van der Waals surface area (Å²) in [5.74, 6) is 0.551. The Bertz CT molecular complexity index is 349. The number of nitrogens with one attached hydrogen (secondary N) is 1. The fourth-order valence-corrected chi connectivity index (χ4v) is 1.64. The molecule has 1 N–H and O–H groups in total. The van der Waals surface area contributed by atoms with E-state index in [-0.39, 0.29) is 6.54 Å². The Morgan fingerprint density at radius 3 is 2.72 bits per heavy atom. The van der Waals surface area contributed by atoms with E-state index in [1.165, 1.54) is 11.9 Å². The molecule has 1 aromatic heterocycles. The van der Waals surface area contributed by atoms with Gasteiger partial charge in [0.05, 0.1) is 19.4 Å². The standard InChI is InChI=1S/C12H19F3N2O/c1-3-4-16-6-10-5-11(18-8-10)7-17(2)9-12(13,14)15/h5,8,16H,3-4,6-7,9H2,1-2H3. The first-order valence-electron chi connectivity index (χ1n) is 5.93. The summed E-state index contributed by atoms with van der Waals surface area (Å²) in [5, 5.41) is 3.20. The maximum absolute atomic E-state index is 12.1. The normalized spacial score (nSPS) is 12.3. The van der Waals surface area contributed by atoms with Gasteiger partial charge in [-0.25, -0.2) is 0 Å². The molecule has 0 saturated carbocycles. The second-order valence-electron chi connectivity index (χ2n) is 4.39. The van der Waals surface area contributed by atoms with Crippen LogP contribution in [0.2, 0.25) is 0 Å². The third kappa shape index (κ3) is 6.07. The van der Waals surface area contributed by atoms with Crippen LogP contribution in [0.1, 0.15) is 24.7 Å². The van der Waals surface area contributed by atoms with Crippen molar-refractivity contribution in [2.45, 2.75) is 32.6 Å². The van der Waals surface area contributed by atoms with Gasteiger partial charge in [-0.1, -0.05) is 6.92 Å². The quantitative estimate of drug-likeness (QED) is 0.768. The number of alkyl halides is 3. The molecule has 0 unspecified atom stereocenters. The second-order valence-corrected chi connectivity index (χ2v) is 4.39. The van der Waals surface area contributed by atoms with E-state index in [2.05, 4.69) is 12.2 Å². The van der Waals surface area contributed by atoms with E-state index in [4.69, 9.17) is 4.42 Å². The van der Waals surface area contributed by atoms with Crippen LogP contribution in [0.4, 0.5) is 13.2 Å². The van der Waals surface area contributed by atoms with Gasteiger partial charge in [0, 0.05) is 12.1 Å². The lowest BCUT2D eigenvalue weighted by Gasteiger charge is -2.16. The molecule has 1 heterocycles. The van der Waals surface area contributed by atoms with Gasteiger partial charge in [-0.15, -0.1) is 0 Å². The summed E-state index contributed by atoms with van der Waals surface area (Å²) in [7, 11) is 1.42. The maximum Gasteiger partial charge on any atom is 0.401 e. The van der Waals surface area contributed by atoms with Crippen LogP contribution in [0.3, 0.4) is 0 Å². The van der Waals surface area contributed by atoms with E-state index in [0.717, 1.165) is 18.5 Å². The van der Waals surface area contributed by atoms with Gasteiger partial charge in [-0.2, -0.15) is 13.2 Å². The molecule has 0 bridgehead atoms. The monoisotopic (exact) mass is 264 g/mol. The number of furan rings is 1. The van der Waals surface area contributed by atoms with Crippen LogP contribution in [-0.4, -0.2) is 31.2 Å². The highest BCUT2D eigenvalue weighted by Crippen LogP contribution is 2.17. The van der Waals surface area contributed by atoms with Crippen LogP contribution in [0.25, 0.3) is 0 Å². The first-order valence-corrected chi connectivity index (χ1v) is 5.93. The molecule has 0 radical (unpaired) electrons. The van der Waals surface area contributed by atoms with Crippen LogP contribution < -0.4 is 5.32 Å². The van der Waals surface area contributed by atoms with Crippen molar-refractivity contribution in [2.75, 3.05) is 20.1 Å². The zero-order chi connectivity index (χ0) is 13.6. The van der Waals surface area contributed by atoms with Gasteiger partial charge in [0.2, 0.25) is 0 Å². The Labute approximate surface area is 105 Å². The lowest BCUT2D eigenvalue weighted by Crippen LogP contribution is -2.30. The summed E-state index contributed by atoms with van der Waals surface area (Å²) in [4.78, 5) is 1.18. The topological polar surface area (TPSA) is 28.4 Å². The molecule has 0 aliphatic rings. The molecule has 0 spiro atoms. The average Bonchev–Trinajstić information content (AvgIpc) is 2.63. The van der Waals surface area contributed by atoms with Crippen molar-refractivity contribution in [3.05, 3.63) is 23.7 Å². The minimum Gasteiger partial charge on any atom is -0.468 e. The zero-order valence-electron chi connectivity index (χ0n) is 10.7. The highest BCUT2D eigenvalue weighted by molar-refractivity contribution is 5.12. The van der Waals surface area contributed by atoms with Crippen molar-refractivity contribution in [2.24, 2.45) is 0 Å². The smallest absolute Gasteiger partial charge is 0.401 e. The largest absolute Gasteiger partial charge is 0.468 e. The van der Waals surface area contributed by atoms with Gasteiger partial charge in [0.1, 0.15) is 5.76 Å². The highest BCUT2D eigenvalue weighted by Gasteiger charge is 2.29. The summed E-state index contributed by atoms with van der Waals surface area (Å²) in [6.07, 6.45) is -1.55. The third-order valence-corrected chi connectivity index (χ3v) is 2.34.